The molecule has 1 rings (SSSR count). The van der Waals surface area contributed by atoms with Gasteiger partial charge in [0, 0.05) is 11.9 Å². The Hall–Kier alpha value is -0.350. The summed E-state index contributed by atoms with van der Waals surface area (Å²) in [6.45, 7) is 0.766. The highest BCUT2D eigenvalue weighted by molar-refractivity contribution is 9.09. The largest absolute Gasteiger partial charge is 0.351 e. The highest BCUT2D eigenvalue weighted by atomic mass is 79.9. The monoisotopic (exact) mass is 261 g/mol. The Morgan fingerprint density at radius 1 is 1.54 bits per heavy atom. The Morgan fingerprint density at radius 3 is 3.00 bits per heavy atom. The first-order valence-electron chi connectivity index (χ1n) is 4.22. The van der Waals surface area contributed by atoms with Crippen molar-refractivity contribution in [3.63, 3.8) is 0 Å². The van der Waals surface area contributed by atoms with Gasteiger partial charge in [-0.3, -0.25) is 4.79 Å². The molecular formula is C9H12BrNOS. The molecule has 0 radical (unpaired) electrons. The number of halogens is 1. The van der Waals surface area contributed by atoms with Gasteiger partial charge in [-0.25, -0.2) is 0 Å². The lowest BCUT2D eigenvalue weighted by atomic mass is 10.3. The molecule has 2 nitrogen and oxygen atoms in total. The highest BCUT2D eigenvalue weighted by Crippen LogP contribution is 2.07. The molecule has 0 atom stereocenters. The summed E-state index contributed by atoms with van der Waals surface area (Å²) in [5.74, 6) is 0.0459. The number of nitrogens with one attached hydrogen (secondary N) is 1. The molecule has 1 heterocycles. The van der Waals surface area contributed by atoms with Gasteiger partial charge in [-0.15, -0.1) is 11.3 Å². The van der Waals surface area contributed by atoms with Gasteiger partial charge < -0.3 is 5.32 Å². The Bertz CT molecular complexity index is 248. The number of carbonyl (C=O) groups is 1. The molecule has 0 saturated carbocycles. The van der Waals surface area contributed by atoms with Gasteiger partial charge in [0.1, 0.15) is 0 Å². The molecule has 0 saturated heterocycles. The minimum Gasteiger partial charge on any atom is -0.351 e. The van der Waals surface area contributed by atoms with Gasteiger partial charge in [-0.1, -0.05) is 22.0 Å². The third kappa shape index (κ3) is 3.91. The van der Waals surface area contributed by atoms with Crippen LogP contribution in [0.1, 0.15) is 22.5 Å². The molecule has 0 aliphatic heterocycles. The third-order valence-corrected chi connectivity index (χ3v) is 3.02. The summed E-state index contributed by atoms with van der Waals surface area (Å²) in [5.41, 5.74) is 0. The SMILES string of the molecule is O=C(NCCCCBr)c1cccs1. The zero-order valence-electron chi connectivity index (χ0n) is 7.25. The number of thiophene rings is 1. The first kappa shape index (κ1) is 10.7. The van der Waals surface area contributed by atoms with Gasteiger partial charge in [0.05, 0.1) is 4.88 Å². The van der Waals surface area contributed by atoms with Crippen molar-refractivity contribution >= 4 is 33.2 Å². The van der Waals surface area contributed by atoms with E-state index in [1.165, 1.54) is 11.3 Å². The third-order valence-electron chi connectivity index (χ3n) is 1.59. The fourth-order valence-electron chi connectivity index (χ4n) is 0.916. The molecule has 1 amide bonds. The minimum absolute atomic E-state index is 0.0459. The van der Waals surface area contributed by atoms with Gasteiger partial charge in [-0.05, 0) is 24.3 Å². The van der Waals surface area contributed by atoms with Gasteiger partial charge in [-0.2, -0.15) is 0 Å². The number of hydrogen-bond acceptors (Lipinski definition) is 2. The molecule has 4 heteroatoms. The molecule has 0 aromatic carbocycles. The molecule has 0 spiro atoms. The summed E-state index contributed by atoms with van der Waals surface area (Å²) in [6, 6.07) is 3.72. The van der Waals surface area contributed by atoms with Crippen LogP contribution in [0.15, 0.2) is 17.5 Å². The van der Waals surface area contributed by atoms with Gasteiger partial charge >= 0.3 is 0 Å². The van der Waals surface area contributed by atoms with Crippen molar-refractivity contribution in [3.05, 3.63) is 22.4 Å². The normalized spacial score (nSPS) is 9.92. The predicted molar refractivity (Wildman–Crippen MR) is 59.7 cm³/mol. The maximum Gasteiger partial charge on any atom is 0.261 e. The van der Waals surface area contributed by atoms with Crippen molar-refractivity contribution in [3.8, 4) is 0 Å². The first-order valence-corrected chi connectivity index (χ1v) is 6.22. The summed E-state index contributed by atoms with van der Waals surface area (Å²) < 4.78 is 0. The number of hydrogen-bond donors (Lipinski definition) is 1. The molecule has 72 valence electrons. The fourth-order valence-corrected chi connectivity index (χ4v) is 1.95. The van der Waals surface area contributed by atoms with E-state index in [2.05, 4.69) is 21.2 Å². The van der Waals surface area contributed by atoms with Crippen molar-refractivity contribution in [1.82, 2.24) is 5.32 Å². The lowest BCUT2D eigenvalue weighted by Crippen LogP contribution is -2.23. The Kier molecular flexibility index (Phi) is 5.08. The number of unbranched alkanes of at least 4 members (excludes halogenated alkanes) is 1. The van der Waals surface area contributed by atoms with Crippen LogP contribution in [-0.2, 0) is 0 Å². The average molecular weight is 262 g/mol. The van der Waals surface area contributed by atoms with Crippen LogP contribution in [0.4, 0.5) is 0 Å². The summed E-state index contributed by atoms with van der Waals surface area (Å²) in [7, 11) is 0. The van der Waals surface area contributed by atoms with Crippen LogP contribution in [0, 0.1) is 0 Å². The van der Waals surface area contributed by atoms with Crippen LogP contribution in [0.5, 0.6) is 0 Å². The van der Waals surface area contributed by atoms with Crippen LogP contribution in [0.25, 0.3) is 0 Å². The van der Waals surface area contributed by atoms with Crippen molar-refractivity contribution < 1.29 is 4.79 Å². The average Bonchev–Trinajstić information content (AvgIpc) is 2.65. The van der Waals surface area contributed by atoms with E-state index in [-0.39, 0.29) is 5.91 Å². The lowest BCUT2D eigenvalue weighted by Gasteiger charge is -2.01. The van der Waals surface area contributed by atoms with Gasteiger partial charge in [0.2, 0.25) is 0 Å². The highest BCUT2D eigenvalue weighted by Gasteiger charge is 2.03. The molecular weight excluding hydrogens is 250 g/mol. The fraction of sp³-hybridized carbons (Fsp3) is 0.444. The number of carbonyl (C=O) groups excluding carboxylic acids is 1. The zero-order valence-corrected chi connectivity index (χ0v) is 9.66. The van der Waals surface area contributed by atoms with E-state index >= 15 is 0 Å². The van der Waals surface area contributed by atoms with Crippen molar-refractivity contribution in [1.29, 1.82) is 0 Å². The van der Waals surface area contributed by atoms with Crippen LogP contribution in [0.3, 0.4) is 0 Å². The molecule has 1 N–H and O–H groups in total. The van der Waals surface area contributed by atoms with Crippen LogP contribution in [0.2, 0.25) is 0 Å². The van der Waals surface area contributed by atoms with Crippen molar-refractivity contribution in [2.24, 2.45) is 0 Å². The van der Waals surface area contributed by atoms with E-state index in [0.29, 0.717) is 0 Å². The van der Waals surface area contributed by atoms with Crippen LogP contribution in [-0.4, -0.2) is 17.8 Å². The standard InChI is InChI=1S/C9H12BrNOS/c10-5-1-2-6-11-9(12)8-4-3-7-13-8/h3-4,7H,1-2,5-6H2,(H,11,12). The molecule has 13 heavy (non-hydrogen) atoms. The summed E-state index contributed by atoms with van der Waals surface area (Å²) in [5, 5.41) is 5.78. The predicted octanol–water partition coefficient (Wildman–Crippen LogP) is 2.65. The molecule has 0 aliphatic carbocycles. The topological polar surface area (TPSA) is 29.1 Å². The number of rotatable bonds is 5. The summed E-state index contributed by atoms with van der Waals surface area (Å²) >= 11 is 4.82. The minimum atomic E-state index is 0.0459. The van der Waals surface area contributed by atoms with Crippen LogP contribution < -0.4 is 5.32 Å². The Morgan fingerprint density at radius 2 is 2.38 bits per heavy atom. The molecule has 0 bridgehead atoms. The van der Waals surface area contributed by atoms with E-state index in [9.17, 15) is 4.79 Å². The van der Waals surface area contributed by atoms with E-state index < -0.39 is 0 Å². The van der Waals surface area contributed by atoms with E-state index in [0.717, 1.165) is 29.6 Å². The summed E-state index contributed by atoms with van der Waals surface area (Å²) in [6.07, 6.45) is 2.13. The van der Waals surface area contributed by atoms with Crippen LogP contribution >= 0.6 is 27.3 Å². The number of alkyl halides is 1. The number of amides is 1. The second kappa shape index (κ2) is 6.16. The maximum atomic E-state index is 11.4. The smallest absolute Gasteiger partial charge is 0.261 e. The molecule has 1 aromatic rings. The van der Waals surface area contributed by atoms with E-state index in [1.54, 1.807) is 0 Å². The lowest BCUT2D eigenvalue weighted by molar-refractivity contribution is 0.0957. The zero-order chi connectivity index (χ0) is 9.52. The Balaban J connectivity index is 2.19. The summed E-state index contributed by atoms with van der Waals surface area (Å²) in [4.78, 5) is 12.1. The van der Waals surface area contributed by atoms with E-state index in [4.69, 9.17) is 0 Å². The Labute approximate surface area is 90.5 Å². The molecule has 0 fully saturated rings. The maximum absolute atomic E-state index is 11.4. The molecule has 0 unspecified atom stereocenters. The first-order chi connectivity index (χ1) is 6.34. The second-order valence-corrected chi connectivity index (χ2v) is 4.37. The second-order valence-electron chi connectivity index (χ2n) is 2.63. The molecule has 1 aromatic heterocycles. The quantitative estimate of drug-likeness (QED) is 0.641. The van der Waals surface area contributed by atoms with Crippen molar-refractivity contribution in [2.75, 3.05) is 11.9 Å². The molecule has 0 aliphatic rings. The van der Waals surface area contributed by atoms with Gasteiger partial charge in [0.15, 0.2) is 0 Å². The van der Waals surface area contributed by atoms with Gasteiger partial charge in [0.25, 0.3) is 5.91 Å². The van der Waals surface area contributed by atoms with Crippen molar-refractivity contribution in [2.45, 2.75) is 12.8 Å². The van der Waals surface area contributed by atoms with E-state index in [1.807, 2.05) is 17.5 Å².